The smallest absolute Gasteiger partial charge is 0.312 e. The van der Waals surface area contributed by atoms with E-state index in [9.17, 15) is 14.4 Å². The Bertz CT molecular complexity index is 953. The summed E-state index contributed by atoms with van der Waals surface area (Å²) in [7, 11) is 0. The van der Waals surface area contributed by atoms with Gasteiger partial charge in [0, 0.05) is 30.3 Å². The number of anilines is 1. The lowest BCUT2D eigenvalue weighted by atomic mass is 10.0. The van der Waals surface area contributed by atoms with E-state index in [1.54, 1.807) is 6.92 Å². The van der Waals surface area contributed by atoms with Crippen LogP contribution in [0.25, 0.3) is 11.1 Å². The van der Waals surface area contributed by atoms with Crippen LogP contribution in [0.3, 0.4) is 0 Å². The quantitative estimate of drug-likeness (QED) is 0.717. The minimum absolute atomic E-state index is 0.0164. The molecular weight excluding hydrogens is 392 g/mol. The third-order valence-electron chi connectivity index (χ3n) is 6.19. The van der Waals surface area contributed by atoms with Gasteiger partial charge in [-0.2, -0.15) is 0 Å². The van der Waals surface area contributed by atoms with Crippen LogP contribution in [-0.2, 0) is 19.1 Å². The molecule has 0 unspecified atom stereocenters. The number of rotatable bonds is 6. The van der Waals surface area contributed by atoms with E-state index in [0.717, 1.165) is 36.8 Å². The van der Waals surface area contributed by atoms with Crippen molar-refractivity contribution in [2.75, 3.05) is 11.9 Å². The fourth-order valence-electron chi connectivity index (χ4n) is 4.48. The Hall–Kier alpha value is -3.15. The van der Waals surface area contributed by atoms with Crippen molar-refractivity contribution in [3.63, 3.8) is 0 Å². The summed E-state index contributed by atoms with van der Waals surface area (Å²) in [6, 6.07) is 17.5. The molecule has 0 bridgehead atoms. The normalized spacial score (nSPS) is 20.0. The zero-order valence-electron chi connectivity index (χ0n) is 17.8. The Morgan fingerprint density at radius 1 is 1.03 bits per heavy atom. The highest BCUT2D eigenvalue weighted by Crippen LogP contribution is 2.30. The Morgan fingerprint density at radius 3 is 2.45 bits per heavy atom. The van der Waals surface area contributed by atoms with Gasteiger partial charge >= 0.3 is 5.97 Å². The second kappa shape index (κ2) is 9.33. The predicted molar refractivity (Wildman–Crippen MR) is 118 cm³/mol. The number of para-hydroxylation sites is 1. The molecule has 4 rings (SSSR count). The van der Waals surface area contributed by atoms with Gasteiger partial charge in [0.2, 0.25) is 5.91 Å². The minimum Gasteiger partial charge on any atom is -0.452 e. The van der Waals surface area contributed by atoms with Crippen molar-refractivity contribution >= 4 is 23.5 Å². The second-order valence-electron chi connectivity index (χ2n) is 8.37. The lowest BCUT2D eigenvalue weighted by Crippen LogP contribution is -2.36. The van der Waals surface area contributed by atoms with E-state index >= 15 is 0 Å². The van der Waals surface area contributed by atoms with Crippen LogP contribution in [0, 0.1) is 5.92 Å². The van der Waals surface area contributed by atoms with Crippen LogP contribution in [0.15, 0.2) is 54.6 Å². The van der Waals surface area contributed by atoms with E-state index < -0.39 is 23.9 Å². The molecule has 1 aliphatic heterocycles. The van der Waals surface area contributed by atoms with Crippen LogP contribution in [0.2, 0.25) is 0 Å². The molecule has 1 heterocycles. The van der Waals surface area contributed by atoms with Crippen LogP contribution in [0.5, 0.6) is 0 Å². The summed E-state index contributed by atoms with van der Waals surface area (Å²) in [5, 5.41) is 2.87. The summed E-state index contributed by atoms with van der Waals surface area (Å²) in [6.07, 6.45) is 3.49. The van der Waals surface area contributed by atoms with Crippen molar-refractivity contribution in [1.82, 2.24) is 4.90 Å². The summed E-state index contributed by atoms with van der Waals surface area (Å²) in [5.74, 6) is -1.36. The Morgan fingerprint density at radius 2 is 1.71 bits per heavy atom. The molecule has 1 saturated carbocycles. The number of nitrogens with one attached hydrogen (secondary N) is 1. The topological polar surface area (TPSA) is 75.7 Å². The number of ether oxygens (including phenoxy) is 1. The maximum atomic E-state index is 12.7. The SMILES string of the molecule is C[C@H](OC(=O)[C@@H]1CC(=O)N(C2CCCC2)C1)C(=O)Nc1ccccc1-c1ccccc1. The number of hydrogen-bond donors (Lipinski definition) is 1. The van der Waals surface area contributed by atoms with Crippen LogP contribution >= 0.6 is 0 Å². The maximum Gasteiger partial charge on any atom is 0.312 e. The summed E-state index contributed by atoms with van der Waals surface area (Å²) in [5.41, 5.74) is 2.54. The predicted octanol–water partition coefficient (Wildman–Crippen LogP) is 4.01. The molecule has 1 aliphatic carbocycles. The molecule has 31 heavy (non-hydrogen) atoms. The van der Waals surface area contributed by atoms with Gasteiger partial charge in [0.25, 0.3) is 5.91 Å². The highest BCUT2D eigenvalue weighted by atomic mass is 16.5. The van der Waals surface area contributed by atoms with Crippen LogP contribution in [0.4, 0.5) is 5.69 Å². The Labute approximate surface area is 182 Å². The number of amides is 2. The Balaban J connectivity index is 1.36. The first-order chi connectivity index (χ1) is 15.0. The highest BCUT2D eigenvalue weighted by Gasteiger charge is 2.40. The molecule has 1 saturated heterocycles. The van der Waals surface area contributed by atoms with Gasteiger partial charge in [0.15, 0.2) is 6.10 Å². The number of nitrogens with zero attached hydrogens (tertiary/aromatic N) is 1. The van der Waals surface area contributed by atoms with E-state index in [4.69, 9.17) is 4.74 Å². The number of hydrogen-bond acceptors (Lipinski definition) is 4. The molecule has 6 heteroatoms. The fraction of sp³-hybridized carbons (Fsp3) is 0.400. The third kappa shape index (κ3) is 4.79. The van der Waals surface area contributed by atoms with Gasteiger partial charge in [0.05, 0.1) is 5.92 Å². The summed E-state index contributed by atoms with van der Waals surface area (Å²) >= 11 is 0. The number of likely N-dealkylation sites (tertiary alicyclic amines) is 1. The van der Waals surface area contributed by atoms with Gasteiger partial charge in [-0.15, -0.1) is 0 Å². The summed E-state index contributed by atoms with van der Waals surface area (Å²) < 4.78 is 5.44. The van der Waals surface area contributed by atoms with Crippen LogP contribution in [-0.4, -0.2) is 41.4 Å². The molecule has 0 radical (unpaired) electrons. The van der Waals surface area contributed by atoms with Crippen molar-refractivity contribution in [3.05, 3.63) is 54.6 Å². The molecule has 2 aromatic rings. The summed E-state index contributed by atoms with van der Waals surface area (Å²) in [6.45, 7) is 1.96. The van der Waals surface area contributed by atoms with Crippen molar-refractivity contribution in [1.29, 1.82) is 0 Å². The van der Waals surface area contributed by atoms with Gasteiger partial charge in [-0.05, 0) is 31.4 Å². The maximum absolute atomic E-state index is 12.7. The minimum atomic E-state index is -0.952. The molecule has 2 aliphatic rings. The monoisotopic (exact) mass is 420 g/mol. The molecule has 2 fully saturated rings. The lowest BCUT2D eigenvalue weighted by molar-refractivity contribution is -0.157. The zero-order chi connectivity index (χ0) is 21.8. The number of carbonyl (C=O) groups excluding carboxylic acids is 3. The molecule has 0 spiro atoms. The van der Waals surface area contributed by atoms with Gasteiger partial charge in [-0.1, -0.05) is 61.4 Å². The largest absolute Gasteiger partial charge is 0.452 e. The third-order valence-corrected chi connectivity index (χ3v) is 6.19. The number of esters is 1. The van der Waals surface area contributed by atoms with Crippen molar-refractivity contribution < 1.29 is 19.1 Å². The average Bonchev–Trinajstić information content (AvgIpc) is 3.44. The fourth-order valence-corrected chi connectivity index (χ4v) is 4.48. The van der Waals surface area contributed by atoms with E-state index in [1.807, 2.05) is 59.5 Å². The van der Waals surface area contributed by atoms with Gasteiger partial charge in [0.1, 0.15) is 0 Å². The molecule has 162 valence electrons. The van der Waals surface area contributed by atoms with Crippen molar-refractivity contribution in [2.45, 2.75) is 51.2 Å². The average molecular weight is 421 g/mol. The molecule has 0 aromatic heterocycles. The number of benzene rings is 2. The van der Waals surface area contributed by atoms with E-state index in [0.29, 0.717) is 12.2 Å². The molecule has 2 atom stereocenters. The summed E-state index contributed by atoms with van der Waals surface area (Å²) in [4.78, 5) is 39.5. The highest BCUT2D eigenvalue weighted by molar-refractivity contribution is 5.99. The molecule has 6 nitrogen and oxygen atoms in total. The van der Waals surface area contributed by atoms with E-state index in [1.165, 1.54) is 0 Å². The first kappa shape index (κ1) is 21.1. The van der Waals surface area contributed by atoms with Crippen molar-refractivity contribution in [2.24, 2.45) is 5.92 Å². The number of carbonyl (C=O) groups is 3. The standard InChI is InChI=1S/C25H28N2O4/c1-17(31-25(30)19-15-23(28)27(16-19)20-11-5-6-12-20)24(29)26-22-14-8-7-13-21(22)18-9-3-2-4-10-18/h2-4,7-10,13-14,17,19-20H,5-6,11-12,15-16H2,1H3,(H,26,29)/t17-,19+/m0/s1. The molecule has 2 amide bonds. The van der Waals surface area contributed by atoms with E-state index in [2.05, 4.69) is 5.32 Å². The first-order valence-corrected chi connectivity index (χ1v) is 11.0. The van der Waals surface area contributed by atoms with Crippen LogP contribution in [0.1, 0.15) is 39.0 Å². The second-order valence-corrected chi connectivity index (χ2v) is 8.37. The molecular formula is C25H28N2O4. The first-order valence-electron chi connectivity index (χ1n) is 11.0. The van der Waals surface area contributed by atoms with Gasteiger partial charge in [-0.25, -0.2) is 0 Å². The zero-order valence-corrected chi connectivity index (χ0v) is 17.8. The molecule has 1 N–H and O–H groups in total. The van der Waals surface area contributed by atoms with Crippen molar-refractivity contribution in [3.8, 4) is 11.1 Å². The van der Waals surface area contributed by atoms with Crippen LogP contribution < -0.4 is 5.32 Å². The van der Waals surface area contributed by atoms with Gasteiger partial charge in [-0.3, -0.25) is 14.4 Å². The molecule has 2 aromatic carbocycles. The lowest BCUT2D eigenvalue weighted by Gasteiger charge is -2.24. The van der Waals surface area contributed by atoms with E-state index in [-0.39, 0.29) is 18.4 Å². The van der Waals surface area contributed by atoms with Gasteiger partial charge < -0.3 is 15.0 Å². The Kier molecular flexibility index (Phi) is 6.35.